The summed E-state index contributed by atoms with van der Waals surface area (Å²) in [6.45, 7) is 3.00. The molecule has 0 aromatic heterocycles. The van der Waals surface area contributed by atoms with Crippen LogP contribution >= 0.6 is 0 Å². The first kappa shape index (κ1) is 14.4. The molecule has 1 aliphatic heterocycles. The number of nitriles is 1. The molecule has 0 aliphatic carbocycles. The molecule has 1 amide bonds. The molecule has 106 valence electrons. The third kappa shape index (κ3) is 3.97. The van der Waals surface area contributed by atoms with Gasteiger partial charge in [0.1, 0.15) is 12.4 Å². The van der Waals surface area contributed by atoms with Gasteiger partial charge in [0, 0.05) is 13.1 Å². The SMILES string of the molecule is N#Cc1cccc(OCCN2CCCC(C(N)=O)C2)c1. The molecule has 1 aromatic carbocycles. The molecule has 2 N–H and O–H groups in total. The second kappa shape index (κ2) is 6.92. The summed E-state index contributed by atoms with van der Waals surface area (Å²) in [7, 11) is 0. The molecule has 1 aliphatic rings. The molecule has 5 heteroatoms. The fraction of sp³-hybridized carbons (Fsp3) is 0.467. The minimum absolute atomic E-state index is 0.0364. The van der Waals surface area contributed by atoms with Crippen molar-refractivity contribution >= 4 is 5.91 Å². The minimum atomic E-state index is -0.211. The van der Waals surface area contributed by atoms with Gasteiger partial charge in [0.15, 0.2) is 0 Å². The molecule has 0 radical (unpaired) electrons. The summed E-state index contributed by atoms with van der Waals surface area (Å²) in [4.78, 5) is 13.4. The lowest BCUT2D eigenvalue weighted by atomic mass is 9.98. The smallest absolute Gasteiger partial charge is 0.221 e. The van der Waals surface area contributed by atoms with Gasteiger partial charge in [0.2, 0.25) is 5.91 Å². The van der Waals surface area contributed by atoms with Gasteiger partial charge in [-0.3, -0.25) is 9.69 Å². The molecule has 1 fully saturated rings. The number of hydrogen-bond donors (Lipinski definition) is 1. The van der Waals surface area contributed by atoms with Crippen LogP contribution in [0.4, 0.5) is 0 Å². The zero-order valence-electron chi connectivity index (χ0n) is 11.4. The van der Waals surface area contributed by atoms with Gasteiger partial charge in [-0.1, -0.05) is 6.07 Å². The Kier molecular flexibility index (Phi) is 4.97. The lowest BCUT2D eigenvalue weighted by Crippen LogP contribution is -2.42. The number of hydrogen-bond acceptors (Lipinski definition) is 4. The van der Waals surface area contributed by atoms with E-state index in [9.17, 15) is 4.79 Å². The summed E-state index contributed by atoms with van der Waals surface area (Å²) in [5.74, 6) is 0.454. The van der Waals surface area contributed by atoms with E-state index in [4.69, 9.17) is 15.7 Å². The third-order valence-corrected chi connectivity index (χ3v) is 3.55. The number of amides is 1. The highest BCUT2D eigenvalue weighted by Crippen LogP contribution is 2.16. The Morgan fingerprint density at radius 1 is 1.55 bits per heavy atom. The van der Waals surface area contributed by atoms with Crippen molar-refractivity contribution < 1.29 is 9.53 Å². The average Bonchev–Trinajstić information content (AvgIpc) is 2.48. The Balaban J connectivity index is 1.78. The van der Waals surface area contributed by atoms with Crippen molar-refractivity contribution in [2.75, 3.05) is 26.2 Å². The van der Waals surface area contributed by atoms with E-state index < -0.39 is 0 Å². The number of carbonyl (C=O) groups is 1. The molecule has 5 nitrogen and oxygen atoms in total. The Morgan fingerprint density at radius 2 is 2.40 bits per heavy atom. The predicted octanol–water partition coefficient (Wildman–Crippen LogP) is 1.13. The number of likely N-dealkylation sites (tertiary alicyclic amines) is 1. The van der Waals surface area contributed by atoms with Crippen LogP contribution in [0, 0.1) is 17.2 Å². The third-order valence-electron chi connectivity index (χ3n) is 3.55. The molecular weight excluding hydrogens is 254 g/mol. The van der Waals surface area contributed by atoms with Crippen molar-refractivity contribution in [3.8, 4) is 11.8 Å². The fourth-order valence-corrected chi connectivity index (χ4v) is 2.44. The van der Waals surface area contributed by atoms with E-state index in [0.29, 0.717) is 17.9 Å². The van der Waals surface area contributed by atoms with Crippen LogP contribution in [0.3, 0.4) is 0 Å². The first-order valence-corrected chi connectivity index (χ1v) is 6.83. The van der Waals surface area contributed by atoms with E-state index in [-0.39, 0.29) is 11.8 Å². The second-order valence-corrected chi connectivity index (χ2v) is 5.03. The number of carbonyl (C=O) groups excluding carboxylic acids is 1. The van der Waals surface area contributed by atoms with Crippen LogP contribution in [-0.2, 0) is 4.79 Å². The van der Waals surface area contributed by atoms with E-state index >= 15 is 0 Å². The average molecular weight is 273 g/mol. The number of ether oxygens (including phenoxy) is 1. The molecule has 0 bridgehead atoms. The largest absolute Gasteiger partial charge is 0.492 e. The maximum Gasteiger partial charge on any atom is 0.221 e. The highest BCUT2D eigenvalue weighted by molar-refractivity contribution is 5.76. The fourth-order valence-electron chi connectivity index (χ4n) is 2.44. The van der Waals surface area contributed by atoms with Crippen LogP contribution < -0.4 is 10.5 Å². The lowest BCUT2D eigenvalue weighted by Gasteiger charge is -2.30. The molecule has 1 heterocycles. The molecule has 0 saturated carbocycles. The van der Waals surface area contributed by atoms with Crippen molar-refractivity contribution in [2.45, 2.75) is 12.8 Å². The summed E-state index contributed by atoms with van der Waals surface area (Å²) in [5.41, 5.74) is 5.95. The summed E-state index contributed by atoms with van der Waals surface area (Å²) < 4.78 is 5.64. The van der Waals surface area contributed by atoms with E-state index in [1.807, 2.05) is 6.07 Å². The van der Waals surface area contributed by atoms with Crippen LogP contribution in [0.5, 0.6) is 5.75 Å². The zero-order chi connectivity index (χ0) is 14.4. The lowest BCUT2D eigenvalue weighted by molar-refractivity contribution is -0.123. The Morgan fingerprint density at radius 3 is 3.15 bits per heavy atom. The van der Waals surface area contributed by atoms with Crippen molar-refractivity contribution in [1.29, 1.82) is 5.26 Å². The molecule has 1 aromatic rings. The van der Waals surface area contributed by atoms with E-state index in [0.717, 1.165) is 32.5 Å². The van der Waals surface area contributed by atoms with Crippen LogP contribution in [-0.4, -0.2) is 37.0 Å². The van der Waals surface area contributed by atoms with Crippen LogP contribution in [0.1, 0.15) is 18.4 Å². The molecule has 1 atom stereocenters. The maximum absolute atomic E-state index is 11.2. The summed E-state index contributed by atoms with van der Waals surface area (Å²) in [6.07, 6.45) is 1.88. The number of nitrogens with zero attached hydrogens (tertiary/aromatic N) is 2. The number of rotatable bonds is 5. The molecule has 1 unspecified atom stereocenters. The van der Waals surface area contributed by atoms with Crippen molar-refractivity contribution in [3.05, 3.63) is 29.8 Å². The quantitative estimate of drug-likeness (QED) is 0.872. The standard InChI is InChI=1S/C15H19N3O2/c16-10-12-3-1-5-14(9-12)20-8-7-18-6-2-4-13(11-18)15(17)19/h1,3,5,9,13H,2,4,6-8,11H2,(H2,17,19). The highest BCUT2D eigenvalue weighted by Gasteiger charge is 2.23. The van der Waals surface area contributed by atoms with Gasteiger partial charge in [-0.15, -0.1) is 0 Å². The van der Waals surface area contributed by atoms with Gasteiger partial charge in [0.25, 0.3) is 0 Å². The Bertz CT molecular complexity index is 510. The zero-order valence-corrected chi connectivity index (χ0v) is 11.4. The number of benzene rings is 1. The molecule has 20 heavy (non-hydrogen) atoms. The summed E-state index contributed by atoms with van der Waals surface area (Å²) in [5, 5.41) is 8.81. The van der Waals surface area contributed by atoms with Gasteiger partial charge in [-0.2, -0.15) is 5.26 Å². The minimum Gasteiger partial charge on any atom is -0.492 e. The predicted molar refractivity (Wildman–Crippen MR) is 75.0 cm³/mol. The van der Waals surface area contributed by atoms with Crippen LogP contribution in [0.2, 0.25) is 0 Å². The van der Waals surface area contributed by atoms with E-state index in [1.165, 1.54) is 0 Å². The number of piperidine rings is 1. The van der Waals surface area contributed by atoms with Gasteiger partial charge in [-0.25, -0.2) is 0 Å². The summed E-state index contributed by atoms with van der Waals surface area (Å²) in [6, 6.07) is 9.19. The van der Waals surface area contributed by atoms with Crippen molar-refractivity contribution in [2.24, 2.45) is 11.7 Å². The molecule has 1 saturated heterocycles. The second-order valence-electron chi connectivity index (χ2n) is 5.03. The van der Waals surface area contributed by atoms with E-state index in [2.05, 4.69) is 11.0 Å². The monoisotopic (exact) mass is 273 g/mol. The first-order valence-electron chi connectivity index (χ1n) is 6.83. The Labute approximate surface area is 118 Å². The Hall–Kier alpha value is -2.06. The van der Waals surface area contributed by atoms with Gasteiger partial charge < -0.3 is 10.5 Å². The number of primary amides is 1. The van der Waals surface area contributed by atoms with E-state index in [1.54, 1.807) is 18.2 Å². The van der Waals surface area contributed by atoms with Crippen molar-refractivity contribution in [1.82, 2.24) is 4.90 Å². The van der Waals surface area contributed by atoms with Crippen LogP contribution in [0.15, 0.2) is 24.3 Å². The number of nitrogens with two attached hydrogens (primary N) is 1. The van der Waals surface area contributed by atoms with Crippen molar-refractivity contribution in [3.63, 3.8) is 0 Å². The highest BCUT2D eigenvalue weighted by atomic mass is 16.5. The maximum atomic E-state index is 11.2. The molecular formula is C15H19N3O2. The van der Waals surface area contributed by atoms with Gasteiger partial charge in [0.05, 0.1) is 17.6 Å². The van der Waals surface area contributed by atoms with Gasteiger partial charge >= 0.3 is 0 Å². The topological polar surface area (TPSA) is 79.3 Å². The normalized spacial score (nSPS) is 19.2. The first-order chi connectivity index (χ1) is 9.69. The molecule has 2 rings (SSSR count). The van der Waals surface area contributed by atoms with Crippen LogP contribution in [0.25, 0.3) is 0 Å². The molecule has 0 spiro atoms. The van der Waals surface area contributed by atoms with Gasteiger partial charge in [-0.05, 0) is 37.6 Å². The summed E-state index contributed by atoms with van der Waals surface area (Å²) >= 11 is 0.